The summed E-state index contributed by atoms with van der Waals surface area (Å²) in [6.45, 7) is 4.67. The number of hydrogen-bond donors (Lipinski definition) is 2. The van der Waals surface area contributed by atoms with Crippen LogP contribution in [0.4, 0.5) is 5.69 Å². The van der Waals surface area contributed by atoms with Crippen LogP contribution in [0.2, 0.25) is 5.02 Å². The van der Waals surface area contributed by atoms with Crippen molar-refractivity contribution in [2.24, 2.45) is 23.7 Å². The summed E-state index contributed by atoms with van der Waals surface area (Å²) in [4.78, 5) is 44.0. The molecule has 3 amide bonds. The fourth-order valence-corrected chi connectivity index (χ4v) is 7.73. The Balaban J connectivity index is 1.30. The normalized spacial score (nSPS) is 32.0. The van der Waals surface area contributed by atoms with Crippen molar-refractivity contribution in [2.75, 3.05) is 26.1 Å². The summed E-state index contributed by atoms with van der Waals surface area (Å²) in [5, 5.41) is 6.80. The highest BCUT2D eigenvalue weighted by molar-refractivity contribution is 6.30. The van der Waals surface area contributed by atoms with Gasteiger partial charge in [0.05, 0.1) is 32.2 Å². The van der Waals surface area contributed by atoms with Crippen molar-refractivity contribution in [2.45, 2.75) is 63.3 Å². The van der Waals surface area contributed by atoms with Gasteiger partial charge in [0.15, 0.2) is 11.5 Å². The van der Waals surface area contributed by atoms with Crippen LogP contribution in [0.5, 0.6) is 11.5 Å². The maximum Gasteiger partial charge on any atom is 0.246 e. The number of nitrogens with zero attached hydrogens (tertiary/aromatic N) is 1. The first kappa shape index (κ1) is 30.5. The van der Waals surface area contributed by atoms with Gasteiger partial charge < -0.3 is 29.7 Å². The van der Waals surface area contributed by atoms with Gasteiger partial charge in [-0.2, -0.15) is 0 Å². The molecule has 1 saturated carbocycles. The fraction of sp³-hybridized carbons (Fsp3) is 0.500. The van der Waals surface area contributed by atoms with Crippen LogP contribution < -0.4 is 20.1 Å². The highest BCUT2D eigenvalue weighted by atomic mass is 35.5. The van der Waals surface area contributed by atoms with E-state index in [9.17, 15) is 14.4 Å². The summed E-state index contributed by atoms with van der Waals surface area (Å²) in [7, 11) is 3.16. The Morgan fingerprint density at radius 3 is 2.52 bits per heavy atom. The molecule has 9 nitrogen and oxygen atoms in total. The molecule has 1 aliphatic carbocycles. The fourth-order valence-electron chi connectivity index (χ4n) is 7.60. The zero-order valence-electron chi connectivity index (χ0n) is 25.5. The van der Waals surface area contributed by atoms with Crippen molar-refractivity contribution < 1.29 is 28.6 Å². The molecule has 0 unspecified atom stereocenters. The van der Waals surface area contributed by atoms with E-state index in [1.165, 1.54) is 0 Å². The molecule has 2 N–H and O–H groups in total. The van der Waals surface area contributed by atoms with Gasteiger partial charge in [0, 0.05) is 23.3 Å². The lowest BCUT2D eigenvalue weighted by molar-refractivity contribution is -0.141. The predicted octanol–water partition coefficient (Wildman–Crippen LogP) is 4.63. The number of carbonyl (C=O) groups is 3. The molecule has 2 aromatic carbocycles. The summed E-state index contributed by atoms with van der Waals surface area (Å²) in [6, 6.07) is 11.6. The molecule has 234 valence electrons. The Morgan fingerprint density at radius 1 is 1.05 bits per heavy atom. The van der Waals surface area contributed by atoms with Crippen LogP contribution in [0.3, 0.4) is 0 Å². The van der Waals surface area contributed by atoms with E-state index < -0.39 is 29.6 Å². The van der Waals surface area contributed by atoms with Gasteiger partial charge in [-0.05, 0) is 66.6 Å². The predicted molar refractivity (Wildman–Crippen MR) is 167 cm³/mol. The number of likely N-dealkylation sites (tertiary alicyclic amines) is 1. The van der Waals surface area contributed by atoms with Crippen molar-refractivity contribution in [3.05, 3.63) is 65.2 Å². The maximum atomic E-state index is 14.3. The highest BCUT2D eigenvalue weighted by Gasteiger charge is 2.72. The number of amides is 3. The van der Waals surface area contributed by atoms with Crippen molar-refractivity contribution in [1.29, 1.82) is 0 Å². The number of methoxy groups -OCH3 is 2. The van der Waals surface area contributed by atoms with E-state index in [0.29, 0.717) is 40.5 Å². The number of carbonyl (C=O) groups excluding carboxylic acids is 3. The Bertz CT molecular complexity index is 1460. The summed E-state index contributed by atoms with van der Waals surface area (Å²) in [5.41, 5.74) is 0.275. The smallest absolute Gasteiger partial charge is 0.246 e. The van der Waals surface area contributed by atoms with Gasteiger partial charge in [-0.3, -0.25) is 14.4 Å². The van der Waals surface area contributed by atoms with Gasteiger partial charge in [0.2, 0.25) is 17.7 Å². The molecule has 3 aliphatic heterocycles. The van der Waals surface area contributed by atoms with Gasteiger partial charge in [0.1, 0.15) is 11.6 Å². The number of benzene rings is 2. The van der Waals surface area contributed by atoms with Gasteiger partial charge in [-0.15, -0.1) is 0 Å². The van der Waals surface area contributed by atoms with E-state index in [0.717, 1.165) is 24.8 Å². The number of hydrogen-bond acceptors (Lipinski definition) is 6. The molecule has 8 atom stereocenters. The molecule has 10 heteroatoms. The van der Waals surface area contributed by atoms with Gasteiger partial charge in [0.25, 0.3) is 0 Å². The number of nitrogens with one attached hydrogen (secondary N) is 2. The standard InChI is InChI=1S/C34H40ClN3O6/c1-19-6-5-7-24(20(19)2)37-32(40)30-34-16-14-26(44-34)28(31(39)36-23-11-9-22(35)10-12-23)29(34)33(41)38(30)17-15-21-8-13-25(42-3)27(18-21)43-4/h8-14,16,18-20,24,26,28-30H,5-7,15,17H2,1-4H3,(H,36,39)(H,37,40)/t19-,20+,24+,26+,28+,29+,30-,34-/m0/s1. The molecule has 3 fully saturated rings. The molecule has 2 aromatic rings. The number of fused-ring (bicyclic) bond motifs is 1. The minimum absolute atomic E-state index is 0.0103. The van der Waals surface area contributed by atoms with E-state index in [2.05, 4.69) is 24.5 Å². The zero-order valence-corrected chi connectivity index (χ0v) is 26.3. The van der Waals surface area contributed by atoms with Crippen molar-refractivity contribution in [1.82, 2.24) is 10.2 Å². The third-order valence-corrected chi connectivity index (χ3v) is 10.4. The lowest BCUT2D eigenvalue weighted by atomic mass is 9.73. The van der Waals surface area contributed by atoms with Crippen LogP contribution >= 0.6 is 11.6 Å². The van der Waals surface area contributed by atoms with Crippen LogP contribution in [0.25, 0.3) is 0 Å². The van der Waals surface area contributed by atoms with Crippen LogP contribution in [0.15, 0.2) is 54.6 Å². The van der Waals surface area contributed by atoms with Crippen LogP contribution in [0, 0.1) is 23.7 Å². The first-order chi connectivity index (χ1) is 21.2. The van der Waals surface area contributed by atoms with E-state index in [1.54, 1.807) is 43.4 Å². The largest absolute Gasteiger partial charge is 0.493 e. The average Bonchev–Trinajstić information content (AvgIpc) is 3.66. The molecule has 3 heterocycles. The van der Waals surface area contributed by atoms with Gasteiger partial charge >= 0.3 is 0 Å². The highest BCUT2D eigenvalue weighted by Crippen LogP contribution is 2.55. The first-order valence-electron chi connectivity index (χ1n) is 15.4. The topological polar surface area (TPSA) is 106 Å². The molecular weight excluding hydrogens is 582 g/mol. The molecule has 4 aliphatic rings. The monoisotopic (exact) mass is 621 g/mol. The second-order valence-corrected chi connectivity index (χ2v) is 13.0. The second kappa shape index (κ2) is 12.1. The number of anilines is 1. The SMILES string of the molecule is COc1ccc(CCN2C(=O)[C@H]3[C@H](C(=O)Nc4ccc(Cl)cc4)[C@H]4C=C[C@@]3(O4)[C@@H]2C(=O)N[C@@H]2CCC[C@H](C)[C@H]2C)cc1OC. The molecule has 6 rings (SSSR count). The third kappa shape index (κ3) is 5.24. The summed E-state index contributed by atoms with van der Waals surface area (Å²) in [5.74, 6) is -0.406. The van der Waals surface area contributed by atoms with E-state index in [-0.39, 0.29) is 30.3 Å². The lowest BCUT2D eigenvalue weighted by Gasteiger charge is -2.38. The van der Waals surface area contributed by atoms with E-state index >= 15 is 0 Å². The molecule has 2 saturated heterocycles. The quantitative estimate of drug-likeness (QED) is 0.396. The second-order valence-electron chi connectivity index (χ2n) is 12.6. The van der Waals surface area contributed by atoms with Crippen LogP contribution in [0.1, 0.15) is 38.7 Å². The summed E-state index contributed by atoms with van der Waals surface area (Å²) >= 11 is 6.03. The van der Waals surface area contributed by atoms with Crippen molar-refractivity contribution >= 4 is 35.0 Å². The molecule has 0 radical (unpaired) electrons. The minimum Gasteiger partial charge on any atom is -0.493 e. The minimum atomic E-state index is -1.23. The van der Waals surface area contributed by atoms with Gasteiger partial charge in [-0.25, -0.2) is 0 Å². The zero-order chi connectivity index (χ0) is 31.2. The Labute approximate surface area is 263 Å². The Morgan fingerprint density at radius 2 is 1.80 bits per heavy atom. The number of ether oxygens (including phenoxy) is 3. The number of rotatable bonds is 9. The maximum absolute atomic E-state index is 14.3. The third-order valence-electron chi connectivity index (χ3n) is 10.2. The summed E-state index contributed by atoms with van der Waals surface area (Å²) in [6.07, 6.45) is 6.63. The van der Waals surface area contributed by atoms with E-state index in [4.69, 9.17) is 25.8 Å². The van der Waals surface area contributed by atoms with Gasteiger partial charge in [-0.1, -0.05) is 56.5 Å². The molecule has 2 bridgehead atoms. The molecule has 0 aromatic heterocycles. The first-order valence-corrected chi connectivity index (χ1v) is 15.8. The average molecular weight is 622 g/mol. The molecule has 44 heavy (non-hydrogen) atoms. The number of halogens is 1. The molecule has 1 spiro atoms. The van der Waals surface area contributed by atoms with Crippen molar-refractivity contribution in [3.63, 3.8) is 0 Å². The Kier molecular flexibility index (Phi) is 8.37. The van der Waals surface area contributed by atoms with Crippen LogP contribution in [-0.4, -0.2) is 67.2 Å². The molecular formula is C34H40ClN3O6. The van der Waals surface area contributed by atoms with E-state index in [1.807, 2.05) is 30.4 Å². The van der Waals surface area contributed by atoms with Crippen LogP contribution in [-0.2, 0) is 25.5 Å². The summed E-state index contributed by atoms with van der Waals surface area (Å²) < 4.78 is 17.4. The lowest BCUT2D eigenvalue weighted by Crippen LogP contribution is -2.58. The van der Waals surface area contributed by atoms with Crippen molar-refractivity contribution in [3.8, 4) is 11.5 Å². The Hall–Kier alpha value is -3.56.